The van der Waals surface area contributed by atoms with Crippen molar-refractivity contribution >= 4 is 29.3 Å². The maximum absolute atomic E-state index is 12.2. The number of carboxylic acid groups (broad SMARTS) is 1. The number of benzene rings is 1. The second-order valence-electron chi connectivity index (χ2n) is 4.76. The summed E-state index contributed by atoms with van der Waals surface area (Å²) in [4.78, 5) is 24.4. The number of likely N-dealkylation sites (tertiary alicyclic amines) is 1. The Bertz CT molecular complexity index is 529. The lowest BCUT2D eigenvalue weighted by molar-refractivity contribution is -0.141. The van der Waals surface area contributed by atoms with E-state index < -0.39 is 24.1 Å². The summed E-state index contributed by atoms with van der Waals surface area (Å²) in [5.41, 5.74) is 1.22. The second-order valence-corrected chi connectivity index (χ2v) is 5.17. The summed E-state index contributed by atoms with van der Waals surface area (Å²) >= 11 is 6.01. The van der Waals surface area contributed by atoms with Crippen LogP contribution in [-0.2, 0) is 4.79 Å². The standard InChI is InChI=1S/C13H15ClN2O4/c1-7-3-2-4-9(14)11(7)15-13(20)16-6-8(17)5-10(16)12(18)19/h2-4,8,10,17H,5-6H2,1H3,(H,15,20)(H,18,19)/t8-,10-/m0/s1. The van der Waals surface area contributed by atoms with Gasteiger partial charge in [-0.15, -0.1) is 0 Å². The van der Waals surface area contributed by atoms with E-state index in [1.54, 1.807) is 25.1 Å². The Hall–Kier alpha value is -1.79. The smallest absolute Gasteiger partial charge is 0.326 e. The SMILES string of the molecule is Cc1cccc(Cl)c1NC(=O)N1C[C@@H](O)C[C@H]1C(=O)O. The van der Waals surface area contributed by atoms with Gasteiger partial charge in [0.05, 0.1) is 16.8 Å². The molecule has 6 nitrogen and oxygen atoms in total. The number of aryl methyl sites for hydroxylation is 1. The van der Waals surface area contributed by atoms with Crippen LogP contribution < -0.4 is 5.32 Å². The molecule has 1 aliphatic rings. The van der Waals surface area contributed by atoms with Crippen molar-refractivity contribution in [3.63, 3.8) is 0 Å². The number of anilines is 1. The normalized spacial score (nSPS) is 21.9. The molecule has 1 heterocycles. The first-order valence-electron chi connectivity index (χ1n) is 6.13. The highest BCUT2D eigenvalue weighted by Gasteiger charge is 2.39. The number of aliphatic hydroxyl groups excluding tert-OH is 1. The van der Waals surface area contributed by atoms with E-state index >= 15 is 0 Å². The predicted molar refractivity (Wildman–Crippen MR) is 74.0 cm³/mol. The van der Waals surface area contributed by atoms with E-state index in [1.807, 2.05) is 0 Å². The van der Waals surface area contributed by atoms with E-state index in [9.17, 15) is 14.7 Å². The number of carbonyl (C=O) groups excluding carboxylic acids is 1. The largest absolute Gasteiger partial charge is 0.480 e. The third-order valence-corrected chi connectivity index (χ3v) is 3.59. The molecule has 0 aliphatic carbocycles. The number of hydrogen-bond donors (Lipinski definition) is 3. The first-order chi connectivity index (χ1) is 9.40. The van der Waals surface area contributed by atoms with Gasteiger partial charge in [-0.2, -0.15) is 0 Å². The molecular formula is C13H15ClN2O4. The molecule has 0 unspecified atom stereocenters. The Morgan fingerprint density at radius 1 is 1.45 bits per heavy atom. The zero-order valence-corrected chi connectivity index (χ0v) is 11.6. The molecule has 108 valence electrons. The van der Waals surface area contributed by atoms with Crippen LogP contribution in [0.4, 0.5) is 10.5 Å². The summed E-state index contributed by atoms with van der Waals surface area (Å²) in [6.45, 7) is 1.78. The highest BCUT2D eigenvalue weighted by Crippen LogP contribution is 2.27. The first kappa shape index (κ1) is 14.6. The topological polar surface area (TPSA) is 89.9 Å². The third-order valence-electron chi connectivity index (χ3n) is 3.28. The molecule has 2 amide bonds. The number of urea groups is 1. The van der Waals surface area contributed by atoms with Gasteiger partial charge in [0.25, 0.3) is 0 Å². The molecular weight excluding hydrogens is 284 g/mol. The minimum absolute atomic E-state index is 0.00764. The van der Waals surface area contributed by atoms with Crippen LogP contribution in [0.2, 0.25) is 5.02 Å². The Balaban J connectivity index is 2.18. The van der Waals surface area contributed by atoms with Gasteiger partial charge in [-0.1, -0.05) is 23.7 Å². The van der Waals surface area contributed by atoms with Gasteiger partial charge in [-0.05, 0) is 18.6 Å². The summed E-state index contributed by atoms with van der Waals surface area (Å²) in [6, 6.07) is 3.58. The molecule has 0 aromatic heterocycles. The lowest BCUT2D eigenvalue weighted by Crippen LogP contribution is -2.43. The third kappa shape index (κ3) is 2.86. The van der Waals surface area contributed by atoms with E-state index in [1.165, 1.54) is 0 Å². The number of nitrogens with one attached hydrogen (secondary N) is 1. The van der Waals surface area contributed by atoms with Crippen LogP contribution in [0, 0.1) is 6.92 Å². The molecule has 2 rings (SSSR count). The van der Waals surface area contributed by atoms with Crippen molar-refractivity contribution in [1.82, 2.24) is 4.90 Å². The van der Waals surface area contributed by atoms with Gasteiger partial charge >= 0.3 is 12.0 Å². The van der Waals surface area contributed by atoms with Crippen molar-refractivity contribution in [3.05, 3.63) is 28.8 Å². The van der Waals surface area contributed by atoms with Crippen molar-refractivity contribution < 1.29 is 19.8 Å². The van der Waals surface area contributed by atoms with Gasteiger partial charge in [0, 0.05) is 13.0 Å². The van der Waals surface area contributed by atoms with Gasteiger partial charge in [-0.3, -0.25) is 0 Å². The van der Waals surface area contributed by atoms with Gasteiger partial charge in [0.1, 0.15) is 6.04 Å². The fourth-order valence-corrected chi connectivity index (χ4v) is 2.51. The van der Waals surface area contributed by atoms with Crippen molar-refractivity contribution in [2.75, 3.05) is 11.9 Å². The molecule has 7 heteroatoms. The lowest BCUT2D eigenvalue weighted by atomic mass is 10.2. The van der Waals surface area contributed by atoms with Gasteiger partial charge in [0.15, 0.2) is 0 Å². The zero-order valence-electron chi connectivity index (χ0n) is 10.8. The van der Waals surface area contributed by atoms with E-state index in [0.717, 1.165) is 10.5 Å². The molecule has 1 saturated heterocycles. The Kier molecular flexibility index (Phi) is 4.15. The number of aliphatic hydroxyl groups is 1. The molecule has 0 saturated carbocycles. The lowest BCUT2D eigenvalue weighted by Gasteiger charge is -2.22. The molecule has 3 N–H and O–H groups in total. The molecule has 1 aromatic rings. The molecule has 2 atom stereocenters. The van der Waals surface area contributed by atoms with Gasteiger partial charge in [-0.25, -0.2) is 9.59 Å². The number of para-hydroxylation sites is 1. The van der Waals surface area contributed by atoms with Crippen molar-refractivity contribution in [3.8, 4) is 0 Å². The number of rotatable bonds is 2. The fourth-order valence-electron chi connectivity index (χ4n) is 2.24. The van der Waals surface area contributed by atoms with Crippen LogP contribution in [0.25, 0.3) is 0 Å². The van der Waals surface area contributed by atoms with Crippen LogP contribution in [0.1, 0.15) is 12.0 Å². The molecule has 1 aliphatic heterocycles. The van der Waals surface area contributed by atoms with Crippen LogP contribution >= 0.6 is 11.6 Å². The maximum Gasteiger partial charge on any atom is 0.326 e. The minimum Gasteiger partial charge on any atom is -0.480 e. The highest BCUT2D eigenvalue weighted by atomic mass is 35.5. The number of aliphatic carboxylic acids is 1. The molecule has 1 fully saturated rings. The second kappa shape index (κ2) is 5.68. The summed E-state index contributed by atoms with van der Waals surface area (Å²) < 4.78 is 0. The predicted octanol–water partition coefficient (Wildman–Crippen LogP) is 1.70. The van der Waals surface area contributed by atoms with Crippen molar-refractivity contribution in [1.29, 1.82) is 0 Å². The number of halogens is 1. The summed E-state index contributed by atoms with van der Waals surface area (Å²) in [5.74, 6) is -1.13. The van der Waals surface area contributed by atoms with Crippen LogP contribution in [0.3, 0.4) is 0 Å². The molecule has 1 aromatic carbocycles. The van der Waals surface area contributed by atoms with E-state index in [2.05, 4.69) is 5.32 Å². The maximum atomic E-state index is 12.2. The molecule has 0 radical (unpaired) electrons. The average molecular weight is 299 g/mol. The average Bonchev–Trinajstić information content (AvgIpc) is 2.76. The Morgan fingerprint density at radius 3 is 2.75 bits per heavy atom. The number of carboxylic acids is 1. The summed E-state index contributed by atoms with van der Waals surface area (Å²) in [5, 5.41) is 21.6. The monoisotopic (exact) mass is 298 g/mol. The number of hydrogen-bond acceptors (Lipinski definition) is 3. The fraction of sp³-hybridized carbons (Fsp3) is 0.385. The van der Waals surface area contributed by atoms with E-state index in [-0.39, 0.29) is 13.0 Å². The molecule has 0 spiro atoms. The molecule has 0 bridgehead atoms. The van der Waals surface area contributed by atoms with E-state index in [4.69, 9.17) is 16.7 Å². The molecule has 20 heavy (non-hydrogen) atoms. The number of amides is 2. The summed E-state index contributed by atoms with van der Waals surface area (Å²) in [7, 11) is 0. The first-order valence-corrected chi connectivity index (χ1v) is 6.51. The number of β-amino-alcohol motifs (C(OH)–C–C–N with tert-alkyl or cyclic N) is 1. The highest BCUT2D eigenvalue weighted by molar-refractivity contribution is 6.33. The van der Waals surface area contributed by atoms with Gasteiger partial charge < -0.3 is 20.4 Å². The quantitative estimate of drug-likeness (QED) is 0.775. The van der Waals surface area contributed by atoms with Crippen LogP contribution in [0.5, 0.6) is 0 Å². The van der Waals surface area contributed by atoms with Crippen molar-refractivity contribution in [2.24, 2.45) is 0 Å². The zero-order chi connectivity index (χ0) is 14.9. The van der Waals surface area contributed by atoms with E-state index in [0.29, 0.717) is 10.7 Å². The Morgan fingerprint density at radius 2 is 2.15 bits per heavy atom. The number of nitrogens with zero attached hydrogens (tertiary/aromatic N) is 1. The van der Waals surface area contributed by atoms with Crippen molar-refractivity contribution in [2.45, 2.75) is 25.5 Å². The Labute approximate surface area is 121 Å². The van der Waals surface area contributed by atoms with Crippen LogP contribution in [-0.4, -0.2) is 45.8 Å². The number of carbonyl (C=O) groups is 2. The summed E-state index contributed by atoms with van der Waals surface area (Å²) in [6.07, 6.45) is -0.793. The van der Waals surface area contributed by atoms with Crippen LogP contribution in [0.15, 0.2) is 18.2 Å². The van der Waals surface area contributed by atoms with Gasteiger partial charge in [0.2, 0.25) is 0 Å². The minimum atomic E-state index is -1.13.